The SMILES string of the molecule is CCN(CCN(CC(N)=O)CC(=O)N1CCCC1C(=O)OC)CC(=O)O. The fourth-order valence-electron chi connectivity index (χ4n) is 2.99. The first-order valence-corrected chi connectivity index (χ1v) is 8.60. The predicted octanol–water partition coefficient (Wildman–Crippen LogP) is -1.66. The normalized spacial score (nSPS) is 16.9. The van der Waals surface area contributed by atoms with Crippen molar-refractivity contribution in [1.82, 2.24) is 14.7 Å². The molecule has 148 valence electrons. The molecule has 1 atom stereocenters. The number of hydrogen-bond donors (Lipinski definition) is 2. The van der Waals surface area contributed by atoms with Gasteiger partial charge in [0.2, 0.25) is 11.8 Å². The summed E-state index contributed by atoms with van der Waals surface area (Å²) in [7, 11) is 1.28. The van der Waals surface area contributed by atoms with Crippen LogP contribution in [0.25, 0.3) is 0 Å². The van der Waals surface area contributed by atoms with Crippen LogP contribution in [0.5, 0.6) is 0 Å². The van der Waals surface area contributed by atoms with E-state index in [1.165, 1.54) is 12.0 Å². The smallest absolute Gasteiger partial charge is 0.328 e. The number of esters is 1. The molecule has 2 amide bonds. The number of rotatable bonds is 11. The standard InChI is InChI=1S/C16H28N4O6/c1-3-18(11-15(23)24)7-8-19(9-13(17)21)10-14(22)20-6-4-5-12(20)16(25)26-2/h12H,3-11H2,1-2H3,(H2,17,21)(H,23,24). The lowest BCUT2D eigenvalue weighted by Crippen LogP contribution is -2.49. The minimum atomic E-state index is -0.942. The van der Waals surface area contributed by atoms with E-state index in [1.807, 2.05) is 6.92 Å². The highest BCUT2D eigenvalue weighted by Crippen LogP contribution is 2.18. The number of carbonyl (C=O) groups excluding carboxylic acids is 3. The molecule has 0 radical (unpaired) electrons. The number of nitrogens with zero attached hydrogens (tertiary/aromatic N) is 3. The molecule has 0 aromatic heterocycles. The maximum Gasteiger partial charge on any atom is 0.328 e. The van der Waals surface area contributed by atoms with Crippen LogP contribution < -0.4 is 5.73 Å². The zero-order valence-corrected chi connectivity index (χ0v) is 15.3. The lowest BCUT2D eigenvalue weighted by Gasteiger charge is -2.28. The highest BCUT2D eigenvalue weighted by atomic mass is 16.5. The van der Waals surface area contributed by atoms with Gasteiger partial charge in [0, 0.05) is 19.6 Å². The van der Waals surface area contributed by atoms with Gasteiger partial charge in [0.1, 0.15) is 6.04 Å². The number of likely N-dealkylation sites (tertiary alicyclic amines) is 1. The van der Waals surface area contributed by atoms with Gasteiger partial charge in [0.25, 0.3) is 0 Å². The van der Waals surface area contributed by atoms with Crippen molar-refractivity contribution in [1.29, 1.82) is 0 Å². The molecular weight excluding hydrogens is 344 g/mol. The highest BCUT2D eigenvalue weighted by Gasteiger charge is 2.35. The minimum Gasteiger partial charge on any atom is -0.480 e. The van der Waals surface area contributed by atoms with Crippen molar-refractivity contribution < 1.29 is 29.0 Å². The molecule has 3 N–H and O–H groups in total. The first-order chi connectivity index (χ1) is 12.3. The Morgan fingerprint density at radius 3 is 2.35 bits per heavy atom. The summed E-state index contributed by atoms with van der Waals surface area (Å²) in [5, 5.41) is 8.89. The second-order valence-electron chi connectivity index (χ2n) is 6.21. The number of ether oxygens (including phenoxy) is 1. The summed E-state index contributed by atoms with van der Waals surface area (Å²) in [6.45, 7) is 3.21. The summed E-state index contributed by atoms with van der Waals surface area (Å²) in [6.07, 6.45) is 1.26. The van der Waals surface area contributed by atoms with Crippen LogP contribution in [0.4, 0.5) is 0 Å². The molecule has 0 aromatic rings. The van der Waals surface area contributed by atoms with E-state index in [2.05, 4.69) is 0 Å². The number of methoxy groups -OCH3 is 1. The molecule has 10 heteroatoms. The van der Waals surface area contributed by atoms with Crippen molar-refractivity contribution in [2.45, 2.75) is 25.8 Å². The van der Waals surface area contributed by atoms with Crippen LogP contribution in [-0.4, -0.2) is 103 Å². The molecule has 0 saturated carbocycles. The van der Waals surface area contributed by atoms with Crippen molar-refractivity contribution in [3.63, 3.8) is 0 Å². The van der Waals surface area contributed by atoms with Gasteiger partial charge in [0.05, 0.1) is 26.7 Å². The van der Waals surface area contributed by atoms with E-state index in [0.29, 0.717) is 39.0 Å². The van der Waals surface area contributed by atoms with Gasteiger partial charge in [0.15, 0.2) is 0 Å². The third-order valence-electron chi connectivity index (χ3n) is 4.32. The average molecular weight is 372 g/mol. The van der Waals surface area contributed by atoms with Crippen LogP contribution in [-0.2, 0) is 23.9 Å². The molecule has 1 rings (SSSR count). The summed E-state index contributed by atoms with van der Waals surface area (Å²) in [6, 6.07) is -0.595. The Morgan fingerprint density at radius 1 is 1.15 bits per heavy atom. The molecule has 10 nitrogen and oxygen atoms in total. The lowest BCUT2D eigenvalue weighted by molar-refractivity contribution is -0.151. The summed E-state index contributed by atoms with van der Waals surface area (Å²) < 4.78 is 4.73. The molecule has 0 bridgehead atoms. The van der Waals surface area contributed by atoms with Crippen molar-refractivity contribution in [3.05, 3.63) is 0 Å². The fourth-order valence-corrected chi connectivity index (χ4v) is 2.99. The van der Waals surface area contributed by atoms with Gasteiger partial charge in [-0.15, -0.1) is 0 Å². The number of carboxylic acids is 1. The van der Waals surface area contributed by atoms with E-state index >= 15 is 0 Å². The molecule has 0 aliphatic carbocycles. The third-order valence-corrected chi connectivity index (χ3v) is 4.32. The molecule has 0 spiro atoms. The zero-order valence-electron chi connectivity index (χ0n) is 15.3. The molecule has 1 heterocycles. The average Bonchev–Trinajstić information content (AvgIpc) is 3.06. The van der Waals surface area contributed by atoms with Gasteiger partial charge in [-0.05, 0) is 19.4 Å². The molecule has 1 aliphatic heterocycles. The quantitative estimate of drug-likeness (QED) is 0.412. The first-order valence-electron chi connectivity index (χ1n) is 8.60. The Balaban J connectivity index is 2.68. The van der Waals surface area contributed by atoms with Crippen molar-refractivity contribution in [2.75, 3.05) is 52.9 Å². The summed E-state index contributed by atoms with van der Waals surface area (Å²) in [4.78, 5) is 51.2. The Labute approximate surface area is 152 Å². The Morgan fingerprint density at radius 2 is 1.81 bits per heavy atom. The number of carbonyl (C=O) groups is 4. The maximum atomic E-state index is 12.6. The number of aliphatic carboxylic acids is 1. The molecule has 1 fully saturated rings. The zero-order chi connectivity index (χ0) is 19.7. The van der Waals surface area contributed by atoms with Gasteiger partial charge < -0.3 is 20.5 Å². The molecular formula is C16H28N4O6. The van der Waals surface area contributed by atoms with Gasteiger partial charge in [-0.2, -0.15) is 0 Å². The molecule has 0 aromatic carbocycles. The second-order valence-corrected chi connectivity index (χ2v) is 6.21. The van der Waals surface area contributed by atoms with Crippen LogP contribution in [0, 0.1) is 0 Å². The third kappa shape index (κ3) is 6.96. The van der Waals surface area contributed by atoms with E-state index in [4.69, 9.17) is 15.6 Å². The van der Waals surface area contributed by atoms with E-state index < -0.39 is 23.9 Å². The van der Waals surface area contributed by atoms with E-state index in [-0.39, 0.29) is 25.5 Å². The summed E-state index contributed by atoms with van der Waals surface area (Å²) in [5.41, 5.74) is 5.25. The molecule has 26 heavy (non-hydrogen) atoms. The Bertz CT molecular complexity index is 527. The van der Waals surface area contributed by atoms with Crippen molar-refractivity contribution in [2.24, 2.45) is 5.73 Å². The highest BCUT2D eigenvalue weighted by molar-refractivity contribution is 5.86. The Hall–Kier alpha value is -2.20. The molecule has 1 unspecified atom stereocenters. The van der Waals surface area contributed by atoms with Gasteiger partial charge in [-0.3, -0.25) is 24.2 Å². The van der Waals surface area contributed by atoms with Crippen molar-refractivity contribution in [3.8, 4) is 0 Å². The Kier molecular flexibility index (Phi) is 9.00. The predicted molar refractivity (Wildman–Crippen MR) is 92.1 cm³/mol. The summed E-state index contributed by atoms with van der Waals surface area (Å²) >= 11 is 0. The molecule has 1 aliphatic rings. The number of primary amides is 1. The summed E-state index contributed by atoms with van der Waals surface area (Å²) in [5.74, 6) is -2.25. The fraction of sp³-hybridized carbons (Fsp3) is 0.750. The van der Waals surface area contributed by atoms with Crippen LogP contribution in [0.1, 0.15) is 19.8 Å². The lowest BCUT2D eigenvalue weighted by atomic mass is 10.2. The monoisotopic (exact) mass is 372 g/mol. The van der Waals surface area contributed by atoms with E-state index in [9.17, 15) is 19.2 Å². The number of likely N-dealkylation sites (N-methyl/N-ethyl adjacent to an activating group) is 1. The van der Waals surface area contributed by atoms with Gasteiger partial charge >= 0.3 is 11.9 Å². The topological polar surface area (TPSA) is 133 Å². The van der Waals surface area contributed by atoms with Gasteiger partial charge in [-0.1, -0.05) is 6.92 Å². The molecule has 1 saturated heterocycles. The number of amides is 2. The van der Waals surface area contributed by atoms with Crippen LogP contribution >= 0.6 is 0 Å². The van der Waals surface area contributed by atoms with Crippen LogP contribution in [0.15, 0.2) is 0 Å². The van der Waals surface area contributed by atoms with E-state index in [1.54, 1.807) is 9.80 Å². The maximum absolute atomic E-state index is 12.6. The van der Waals surface area contributed by atoms with Crippen LogP contribution in [0.2, 0.25) is 0 Å². The van der Waals surface area contributed by atoms with Crippen LogP contribution in [0.3, 0.4) is 0 Å². The number of hydrogen-bond acceptors (Lipinski definition) is 7. The van der Waals surface area contributed by atoms with Crippen molar-refractivity contribution >= 4 is 23.8 Å². The first kappa shape index (κ1) is 21.8. The van der Waals surface area contributed by atoms with Gasteiger partial charge in [-0.25, -0.2) is 4.79 Å². The number of carboxylic acid groups (broad SMARTS) is 1. The largest absolute Gasteiger partial charge is 0.480 e. The van der Waals surface area contributed by atoms with E-state index in [0.717, 1.165) is 0 Å². The second kappa shape index (κ2) is 10.7. The number of nitrogens with two attached hydrogens (primary N) is 1. The minimum absolute atomic E-state index is 0.0684.